The lowest BCUT2D eigenvalue weighted by atomic mass is 10.3. The lowest BCUT2D eigenvalue weighted by Gasteiger charge is -2.05. The Bertz CT molecular complexity index is 880. The smallest absolute Gasteiger partial charge is 0.234 e. The first-order valence-electron chi connectivity index (χ1n) is 7.78. The van der Waals surface area contributed by atoms with Gasteiger partial charge in [-0.15, -0.1) is 23.1 Å². The lowest BCUT2D eigenvalue weighted by Crippen LogP contribution is -2.13. The van der Waals surface area contributed by atoms with Crippen molar-refractivity contribution >= 4 is 56.7 Å². The second-order valence-electron chi connectivity index (χ2n) is 5.11. The first-order valence-corrected chi connectivity index (χ1v) is 10.8. The fourth-order valence-electron chi connectivity index (χ4n) is 2.23. The largest absolute Gasteiger partial charge is 0.494 e. The minimum absolute atomic E-state index is 0.0301. The van der Waals surface area contributed by atoms with Crippen LogP contribution < -0.4 is 10.1 Å². The number of carbonyl (C=O) groups excluding carboxylic acids is 1. The number of carbonyl (C=O) groups is 1. The monoisotopic (exact) mass is 390 g/mol. The second kappa shape index (κ2) is 8.60. The number of thiazole rings is 1. The van der Waals surface area contributed by atoms with Gasteiger partial charge in [0.05, 0.1) is 22.6 Å². The van der Waals surface area contributed by atoms with E-state index >= 15 is 0 Å². The summed E-state index contributed by atoms with van der Waals surface area (Å²) >= 11 is 4.68. The molecule has 3 aromatic rings. The molecule has 0 bridgehead atoms. The normalized spacial score (nSPS) is 10.8. The number of hydrogen-bond acceptors (Lipinski definition) is 6. The Labute approximate surface area is 159 Å². The van der Waals surface area contributed by atoms with Gasteiger partial charge in [0.25, 0.3) is 0 Å². The molecule has 0 saturated carbocycles. The second-order valence-corrected chi connectivity index (χ2v) is 8.24. The van der Waals surface area contributed by atoms with Gasteiger partial charge < -0.3 is 10.1 Å². The fraction of sp³-hybridized carbons (Fsp3) is 0.222. The summed E-state index contributed by atoms with van der Waals surface area (Å²) in [5, 5.41) is 2.93. The van der Waals surface area contributed by atoms with E-state index in [9.17, 15) is 4.79 Å². The molecule has 1 N–H and O–H groups in total. The summed E-state index contributed by atoms with van der Waals surface area (Å²) in [7, 11) is 0. The summed E-state index contributed by atoms with van der Waals surface area (Å²) in [5.74, 6) is 1.15. The Kier molecular flexibility index (Phi) is 6.23. The Morgan fingerprint density at radius 3 is 2.96 bits per heavy atom. The molecule has 2 aromatic carbocycles. The molecule has 0 spiro atoms. The van der Waals surface area contributed by atoms with Gasteiger partial charge in [-0.05, 0) is 49.6 Å². The van der Waals surface area contributed by atoms with Crippen LogP contribution in [0.4, 0.5) is 5.69 Å². The zero-order valence-electron chi connectivity index (χ0n) is 13.9. The summed E-state index contributed by atoms with van der Waals surface area (Å²) in [6, 6.07) is 13.7. The summed E-state index contributed by atoms with van der Waals surface area (Å²) in [5.41, 5.74) is 1.76. The van der Waals surface area contributed by atoms with Gasteiger partial charge in [0, 0.05) is 10.6 Å². The molecule has 0 aliphatic carbocycles. The van der Waals surface area contributed by atoms with Gasteiger partial charge in [0.1, 0.15) is 5.75 Å². The van der Waals surface area contributed by atoms with Gasteiger partial charge in [-0.1, -0.05) is 17.8 Å². The molecule has 0 fully saturated rings. The van der Waals surface area contributed by atoms with E-state index in [0.717, 1.165) is 30.9 Å². The number of amides is 1. The molecule has 25 heavy (non-hydrogen) atoms. The number of aromatic nitrogens is 1. The molecule has 0 saturated heterocycles. The van der Waals surface area contributed by atoms with E-state index < -0.39 is 0 Å². The van der Waals surface area contributed by atoms with Crippen molar-refractivity contribution in [3.05, 3.63) is 42.5 Å². The van der Waals surface area contributed by atoms with Gasteiger partial charge in [-0.3, -0.25) is 4.79 Å². The highest BCUT2D eigenvalue weighted by molar-refractivity contribution is 8.01. The van der Waals surface area contributed by atoms with E-state index in [1.807, 2.05) is 55.6 Å². The molecule has 0 atom stereocenters. The third-order valence-electron chi connectivity index (χ3n) is 3.33. The van der Waals surface area contributed by atoms with Gasteiger partial charge in [0.15, 0.2) is 4.34 Å². The number of benzene rings is 2. The van der Waals surface area contributed by atoms with Crippen molar-refractivity contribution < 1.29 is 9.53 Å². The molecule has 1 amide bonds. The molecule has 130 valence electrons. The standard InChI is InChI=1S/C18H18N2O2S3/c1-3-22-13-7-8-15-16(10-13)25-18(20-15)24-11-17(21)19-12-5-4-6-14(9-12)23-2/h4-10H,3,11H2,1-2H3,(H,19,21). The van der Waals surface area contributed by atoms with Crippen molar-refractivity contribution in [2.24, 2.45) is 0 Å². The van der Waals surface area contributed by atoms with Crippen LogP contribution in [0.25, 0.3) is 10.2 Å². The molecular formula is C18H18N2O2S3. The number of nitrogens with zero attached hydrogens (tertiary/aromatic N) is 1. The molecule has 1 aromatic heterocycles. The van der Waals surface area contributed by atoms with Crippen molar-refractivity contribution in [3.63, 3.8) is 0 Å². The summed E-state index contributed by atoms with van der Waals surface area (Å²) in [6.07, 6.45) is 2.01. The Morgan fingerprint density at radius 1 is 1.28 bits per heavy atom. The van der Waals surface area contributed by atoms with Crippen LogP contribution in [-0.4, -0.2) is 29.5 Å². The number of thioether (sulfide) groups is 2. The van der Waals surface area contributed by atoms with E-state index in [1.165, 1.54) is 11.8 Å². The van der Waals surface area contributed by atoms with Crippen molar-refractivity contribution in [1.82, 2.24) is 4.98 Å². The Hall–Kier alpha value is -1.70. The zero-order chi connectivity index (χ0) is 17.6. The number of rotatable bonds is 7. The first kappa shape index (κ1) is 18.1. The van der Waals surface area contributed by atoms with Gasteiger partial charge in [0.2, 0.25) is 5.91 Å². The molecule has 4 nitrogen and oxygen atoms in total. The highest BCUT2D eigenvalue weighted by Gasteiger charge is 2.09. The van der Waals surface area contributed by atoms with Crippen molar-refractivity contribution in [2.45, 2.75) is 16.2 Å². The summed E-state index contributed by atoms with van der Waals surface area (Å²) in [6.45, 7) is 2.61. The van der Waals surface area contributed by atoms with Gasteiger partial charge >= 0.3 is 0 Å². The average molecular weight is 391 g/mol. The van der Waals surface area contributed by atoms with Crippen LogP contribution in [0, 0.1) is 0 Å². The van der Waals surface area contributed by atoms with E-state index in [4.69, 9.17) is 4.74 Å². The van der Waals surface area contributed by atoms with Crippen molar-refractivity contribution in [2.75, 3.05) is 23.9 Å². The van der Waals surface area contributed by atoms with Crippen LogP contribution in [0.1, 0.15) is 6.92 Å². The van der Waals surface area contributed by atoms with Crippen LogP contribution in [0.3, 0.4) is 0 Å². The topological polar surface area (TPSA) is 51.2 Å². The summed E-state index contributed by atoms with van der Waals surface area (Å²) in [4.78, 5) is 17.8. The SMILES string of the molecule is CCOc1ccc2nc(SCC(=O)Nc3cccc(SC)c3)sc2c1. The van der Waals surface area contributed by atoms with E-state index in [2.05, 4.69) is 10.3 Å². The molecule has 0 unspecified atom stereocenters. The van der Waals surface area contributed by atoms with Crippen LogP contribution in [0.2, 0.25) is 0 Å². The Morgan fingerprint density at radius 2 is 2.16 bits per heavy atom. The van der Waals surface area contributed by atoms with Gasteiger partial charge in [-0.2, -0.15) is 0 Å². The number of anilines is 1. The van der Waals surface area contributed by atoms with E-state index in [1.54, 1.807) is 23.1 Å². The third-order valence-corrected chi connectivity index (χ3v) is 6.22. The number of fused-ring (bicyclic) bond motifs is 1. The number of ether oxygens (including phenoxy) is 1. The van der Waals surface area contributed by atoms with E-state index in [0.29, 0.717) is 12.4 Å². The van der Waals surface area contributed by atoms with Gasteiger partial charge in [-0.25, -0.2) is 4.98 Å². The fourth-order valence-corrected chi connectivity index (χ4v) is 4.58. The maximum absolute atomic E-state index is 12.2. The molecular weight excluding hydrogens is 372 g/mol. The molecule has 0 aliphatic heterocycles. The first-order chi connectivity index (χ1) is 12.2. The van der Waals surface area contributed by atoms with Crippen molar-refractivity contribution in [1.29, 1.82) is 0 Å². The van der Waals surface area contributed by atoms with E-state index in [-0.39, 0.29) is 5.91 Å². The molecule has 1 heterocycles. The average Bonchev–Trinajstić information content (AvgIpc) is 3.02. The quantitative estimate of drug-likeness (QED) is 0.566. The summed E-state index contributed by atoms with van der Waals surface area (Å²) < 4.78 is 7.47. The molecule has 3 rings (SSSR count). The van der Waals surface area contributed by atoms with Crippen molar-refractivity contribution in [3.8, 4) is 5.75 Å². The maximum atomic E-state index is 12.2. The highest BCUT2D eigenvalue weighted by Crippen LogP contribution is 2.32. The Balaban J connectivity index is 1.60. The lowest BCUT2D eigenvalue weighted by molar-refractivity contribution is -0.113. The number of nitrogens with one attached hydrogen (secondary N) is 1. The minimum atomic E-state index is -0.0301. The number of hydrogen-bond donors (Lipinski definition) is 1. The predicted octanol–water partition coefficient (Wildman–Crippen LogP) is 5.15. The molecule has 0 aliphatic rings. The zero-order valence-corrected chi connectivity index (χ0v) is 16.4. The minimum Gasteiger partial charge on any atom is -0.494 e. The van der Waals surface area contributed by atoms with Crippen LogP contribution in [0.5, 0.6) is 5.75 Å². The third kappa shape index (κ3) is 4.90. The highest BCUT2D eigenvalue weighted by atomic mass is 32.2. The molecule has 7 heteroatoms. The predicted molar refractivity (Wildman–Crippen MR) is 108 cm³/mol. The maximum Gasteiger partial charge on any atom is 0.234 e. The van der Waals surface area contributed by atoms with Crippen LogP contribution in [-0.2, 0) is 4.79 Å². The van der Waals surface area contributed by atoms with Crippen LogP contribution >= 0.6 is 34.9 Å². The molecule has 0 radical (unpaired) electrons. The van der Waals surface area contributed by atoms with Crippen LogP contribution in [0.15, 0.2) is 51.7 Å².